The first-order valence-electron chi connectivity index (χ1n) is 8.60. The van der Waals surface area contributed by atoms with Crippen LogP contribution in [0.15, 0.2) is 12.1 Å². The van der Waals surface area contributed by atoms with Gasteiger partial charge in [-0.2, -0.15) is 8.78 Å². The van der Waals surface area contributed by atoms with Crippen LogP contribution in [0.4, 0.5) is 19.1 Å². The van der Waals surface area contributed by atoms with E-state index in [4.69, 9.17) is 0 Å². The maximum atomic E-state index is 14.0. The number of rotatable bonds is 5. The van der Waals surface area contributed by atoms with E-state index in [2.05, 4.69) is 15.0 Å². The zero-order chi connectivity index (χ0) is 19.1. The largest absolute Gasteiger partial charge is 0.432 e. The van der Waals surface area contributed by atoms with E-state index >= 15 is 0 Å². The molecule has 1 heterocycles. The van der Waals surface area contributed by atoms with E-state index < -0.39 is 18.2 Å². The number of anilines is 1. The molecule has 0 saturated heterocycles. The predicted octanol–water partition coefficient (Wildman–Crippen LogP) is 4.88. The number of amides is 1. The van der Waals surface area contributed by atoms with E-state index in [1.54, 1.807) is 4.57 Å². The summed E-state index contributed by atoms with van der Waals surface area (Å²) in [5.41, 5.74) is 0.571. The molecule has 3 rings (SSSR count). The molecule has 26 heavy (non-hydrogen) atoms. The molecule has 1 aliphatic carbocycles. The maximum Gasteiger partial charge on any atom is 0.387 e. The number of carbonyl (C=O) groups excluding carboxylic acids is 1. The van der Waals surface area contributed by atoms with E-state index in [1.165, 1.54) is 6.07 Å². The molecule has 1 fully saturated rings. The molecule has 0 unspecified atom stereocenters. The SMILES string of the molecule is CC(C)(C)CC(=O)Nc1nc2cc(F)c(OC(F)F)cc2n1C1CCC1. The Balaban J connectivity index is 2.01. The molecular weight excluding hydrogens is 347 g/mol. The summed E-state index contributed by atoms with van der Waals surface area (Å²) < 4.78 is 45.1. The van der Waals surface area contributed by atoms with E-state index in [0.717, 1.165) is 25.3 Å². The number of hydrogen-bond acceptors (Lipinski definition) is 3. The van der Waals surface area contributed by atoms with Crippen LogP contribution in [-0.2, 0) is 4.79 Å². The van der Waals surface area contributed by atoms with Crippen LogP contribution in [-0.4, -0.2) is 22.1 Å². The summed E-state index contributed by atoms with van der Waals surface area (Å²) >= 11 is 0. The lowest BCUT2D eigenvalue weighted by molar-refractivity contribution is -0.117. The summed E-state index contributed by atoms with van der Waals surface area (Å²) in [6, 6.07) is 2.37. The number of aromatic nitrogens is 2. The molecule has 1 aromatic carbocycles. The van der Waals surface area contributed by atoms with Gasteiger partial charge < -0.3 is 9.30 Å². The van der Waals surface area contributed by atoms with Crippen LogP contribution < -0.4 is 10.1 Å². The van der Waals surface area contributed by atoms with Crippen LogP contribution in [0.5, 0.6) is 5.75 Å². The molecule has 5 nitrogen and oxygen atoms in total. The molecule has 142 valence electrons. The van der Waals surface area contributed by atoms with Crippen LogP contribution >= 0.6 is 0 Å². The lowest BCUT2D eigenvalue weighted by Crippen LogP contribution is -2.24. The molecule has 1 aromatic heterocycles. The van der Waals surface area contributed by atoms with Gasteiger partial charge in [-0.15, -0.1) is 0 Å². The first-order chi connectivity index (χ1) is 12.1. The molecule has 0 radical (unpaired) electrons. The topological polar surface area (TPSA) is 56.1 Å². The highest BCUT2D eigenvalue weighted by molar-refractivity contribution is 5.92. The minimum atomic E-state index is -3.12. The van der Waals surface area contributed by atoms with Gasteiger partial charge in [0, 0.05) is 24.6 Å². The Bertz CT molecular complexity index is 823. The molecule has 0 aliphatic heterocycles. The van der Waals surface area contributed by atoms with E-state index in [9.17, 15) is 18.0 Å². The third-order valence-corrected chi connectivity index (χ3v) is 4.34. The first-order valence-corrected chi connectivity index (χ1v) is 8.60. The second-order valence-corrected chi connectivity index (χ2v) is 7.83. The summed E-state index contributed by atoms with van der Waals surface area (Å²) in [6.45, 7) is 2.73. The monoisotopic (exact) mass is 369 g/mol. The average Bonchev–Trinajstić information content (AvgIpc) is 2.72. The normalized spacial score (nSPS) is 15.3. The Morgan fingerprint density at radius 2 is 2.08 bits per heavy atom. The summed E-state index contributed by atoms with van der Waals surface area (Å²) in [5.74, 6) is -1.32. The van der Waals surface area contributed by atoms with Gasteiger partial charge >= 0.3 is 6.61 Å². The van der Waals surface area contributed by atoms with Crippen molar-refractivity contribution in [1.82, 2.24) is 9.55 Å². The van der Waals surface area contributed by atoms with Crippen molar-refractivity contribution >= 4 is 22.9 Å². The molecule has 0 atom stereocenters. The molecular formula is C18H22F3N3O2. The van der Waals surface area contributed by atoms with Crippen molar-refractivity contribution in [2.75, 3.05) is 5.32 Å². The number of halogens is 3. The fourth-order valence-electron chi connectivity index (χ4n) is 3.04. The average molecular weight is 369 g/mol. The van der Waals surface area contributed by atoms with Gasteiger partial charge in [-0.1, -0.05) is 20.8 Å². The third-order valence-electron chi connectivity index (χ3n) is 4.34. The van der Waals surface area contributed by atoms with Crippen molar-refractivity contribution in [3.8, 4) is 5.75 Å². The molecule has 0 spiro atoms. The van der Waals surface area contributed by atoms with Gasteiger partial charge in [0.2, 0.25) is 11.9 Å². The third kappa shape index (κ3) is 3.94. The zero-order valence-electron chi connectivity index (χ0n) is 15.0. The van der Waals surface area contributed by atoms with Crippen LogP contribution in [0.1, 0.15) is 52.5 Å². The Kier molecular flexibility index (Phi) is 4.86. The maximum absolute atomic E-state index is 14.0. The quantitative estimate of drug-likeness (QED) is 0.817. The fourth-order valence-corrected chi connectivity index (χ4v) is 3.04. The summed E-state index contributed by atoms with van der Waals surface area (Å²) in [4.78, 5) is 16.6. The Labute approximate surface area is 149 Å². The van der Waals surface area contributed by atoms with Crippen LogP contribution in [0.2, 0.25) is 0 Å². The van der Waals surface area contributed by atoms with Crippen LogP contribution in [0, 0.1) is 11.2 Å². The van der Waals surface area contributed by atoms with Crippen molar-refractivity contribution in [2.24, 2.45) is 5.41 Å². The number of nitrogens with one attached hydrogen (secondary N) is 1. The van der Waals surface area contributed by atoms with E-state index in [0.29, 0.717) is 23.4 Å². The highest BCUT2D eigenvalue weighted by atomic mass is 19.3. The number of nitrogens with zero attached hydrogens (tertiary/aromatic N) is 2. The van der Waals surface area contributed by atoms with E-state index in [1.807, 2.05) is 20.8 Å². The van der Waals surface area contributed by atoms with Gasteiger partial charge in [0.15, 0.2) is 11.6 Å². The molecule has 1 aliphatic rings. The Morgan fingerprint density at radius 3 is 2.62 bits per heavy atom. The number of carbonyl (C=O) groups is 1. The van der Waals surface area contributed by atoms with Crippen LogP contribution in [0.25, 0.3) is 11.0 Å². The summed E-state index contributed by atoms with van der Waals surface area (Å²) in [6.07, 6.45) is 3.10. The second kappa shape index (κ2) is 6.81. The minimum absolute atomic E-state index is 0.0924. The number of hydrogen-bond donors (Lipinski definition) is 1. The van der Waals surface area contributed by atoms with Crippen molar-refractivity contribution in [1.29, 1.82) is 0 Å². The fraction of sp³-hybridized carbons (Fsp3) is 0.556. The number of alkyl halides is 2. The van der Waals surface area contributed by atoms with E-state index in [-0.39, 0.29) is 17.4 Å². The standard InChI is InChI=1S/C18H22F3N3O2/c1-18(2,3)9-15(25)23-17-22-12-7-11(19)14(26-16(20)21)8-13(12)24(17)10-5-4-6-10/h7-8,10,16H,4-6,9H2,1-3H3,(H,22,23,25). The summed E-state index contributed by atoms with van der Waals surface area (Å²) in [7, 11) is 0. The summed E-state index contributed by atoms with van der Waals surface area (Å²) in [5, 5.41) is 2.79. The first kappa shape index (κ1) is 18.5. The molecule has 0 bridgehead atoms. The minimum Gasteiger partial charge on any atom is -0.432 e. The zero-order valence-corrected chi connectivity index (χ0v) is 15.0. The van der Waals surface area contributed by atoms with Crippen molar-refractivity contribution in [2.45, 2.75) is 59.1 Å². The Hall–Kier alpha value is -2.25. The number of benzene rings is 1. The van der Waals surface area contributed by atoms with Gasteiger partial charge in [-0.05, 0) is 24.7 Å². The molecule has 1 saturated carbocycles. The van der Waals surface area contributed by atoms with Gasteiger partial charge in [0.25, 0.3) is 0 Å². The molecule has 2 aromatic rings. The smallest absolute Gasteiger partial charge is 0.387 e. The lowest BCUT2D eigenvalue weighted by Gasteiger charge is -2.29. The van der Waals surface area contributed by atoms with Crippen molar-refractivity contribution in [3.63, 3.8) is 0 Å². The second-order valence-electron chi connectivity index (χ2n) is 7.83. The van der Waals surface area contributed by atoms with Gasteiger partial charge in [0.05, 0.1) is 11.0 Å². The van der Waals surface area contributed by atoms with Gasteiger partial charge in [0.1, 0.15) is 0 Å². The molecule has 1 amide bonds. The van der Waals surface area contributed by atoms with Gasteiger partial charge in [-0.25, -0.2) is 9.37 Å². The lowest BCUT2D eigenvalue weighted by atomic mass is 9.92. The highest BCUT2D eigenvalue weighted by Crippen LogP contribution is 2.39. The van der Waals surface area contributed by atoms with Crippen molar-refractivity contribution in [3.05, 3.63) is 17.9 Å². The van der Waals surface area contributed by atoms with Crippen LogP contribution in [0.3, 0.4) is 0 Å². The molecule has 1 N–H and O–H groups in total. The number of imidazole rings is 1. The number of fused-ring (bicyclic) bond motifs is 1. The predicted molar refractivity (Wildman–Crippen MR) is 91.9 cm³/mol. The highest BCUT2D eigenvalue weighted by Gasteiger charge is 2.27. The van der Waals surface area contributed by atoms with Gasteiger partial charge in [-0.3, -0.25) is 10.1 Å². The Morgan fingerprint density at radius 1 is 1.38 bits per heavy atom. The molecule has 8 heteroatoms. The number of ether oxygens (including phenoxy) is 1. The van der Waals surface area contributed by atoms with Crippen molar-refractivity contribution < 1.29 is 22.7 Å².